The van der Waals surface area contributed by atoms with Crippen molar-refractivity contribution < 1.29 is 13.6 Å². The summed E-state index contributed by atoms with van der Waals surface area (Å²) >= 11 is 3.18. The maximum Gasteiger partial charge on any atom is 0.327 e. The van der Waals surface area contributed by atoms with Crippen LogP contribution in [-0.2, 0) is 0 Å². The predicted octanol–water partition coefficient (Wildman–Crippen LogP) is 4.04. The summed E-state index contributed by atoms with van der Waals surface area (Å²) < 4.78 is 11.1. The molecule has 22 heavy (non-hydrogen) atoms. The highest BCUT2D eigenvalue weighted by Gasteiger charge is 2.14. The first-order chi connectivity index (χ1) is 10.6. The average molecular weight is 363 g/mol. The molecule has 0 spiro atoms. The zero-order chi connectivity index (χ0) is 15.5. The van der Waals surface area contributed by atoms with Crippen LogP contribution in [0.3, 0.4) is 0 Å². The molecule has 0 saturated carbocycles. The summed E-state index contributed by atoms with van der Waals surface area (Å²) in [6.07, 6.45) is 0. The van der Waals surface area contributed by atoms with Gasteiger partial charge in [-0.15, -0.1) is 5.10 Å². The molecule has 7 nitrogen and oxygen atoms in total. The van der Waals surface area contributed by atoms with Crippen LogP contribution in [0.2, 0.25) is 0 Å². The Kier molecular flexibility index (Phi) is 3.92. The summed E-state index contributed by atoms with van der Waals surface area (Å²) in [7, 11) is 0. The van der Waals surface area contributed by atoms with E-state index in [1.807, 2.05) is 19.1 Å². The van der Waals surface area contributed by atoms with Gasteiger partial charge in [0.2, 0.25) is 0 Å². The highest BCUT2D eigenvalue weighted by Crippen LogP contribution is 2.24. The number of amides is 2. The molecule has 112 valence electrons. The maximum atomic E-state index is 11.8. The van der Waals surface area contributed by atoms with Crippen molar-refractivity contribution in [3.63, 3.8) is 0 Å². The molecule has 0 fully saturated rings. The Balaban J connectivity index is 1.64. The van der Waals surface area contributed by atoms with Gasteiger partial charge in [-0.2, -0.15) is 0 Å². The Morgan fingerprint density at radius 1 is 1.05 bits per heavy atom. The van der Waals surface area contributed by atoms with Gasteiger partial charge in [0, 0.05) is 5.69 Å². The molecule has 0 atom stereocenters. The van der Waals surface area contributed by atoms with Crippen LogP contribution < -0.4 is 10.6 Å². The molecule has 2 amide bonds. The van der Waals surface area contributed by atoms with E-state index in [2.05, 4.69) is 36.8 Å². The molecular weight excluding hydrogens is 352 g/mol. The minimum atomic E-state index is -0.473. The van der Waals surface area contributed by atoms with Gasteiger partial charge in [-0.3, -0.25) is 5.32 Å². The van der Waals surface area contributed by atoms with Crippen LogP contribution in [0, 0.1) is 6.92 Å². The van der Waals surface area contributed by atoms with E-state index in [0.717, 1.165) is 5.56 Å². The van der Waals surface area contributed by atoms with Crippen LogP contribution in [-0.4, -0.2) is 16.2 Å². The average Bonchev–Trinajstić information content (AvgIpc) is 3.10. The first-order valence-electron chi connectivity index (χ1n) is 6.34. The summed E-state index contributed by atoms with van der Waals surface area (Å²) in [6.45, 7) is 1.97. The molecule has 2 heterocycles. The van der Waals surface area contributed by atoms with E-state index in [0.29, 0.717) is 16.1 Å². The van der Waals surface area contributed by atoms with Gasteiger partial charge in [0.25, 0.3) is 5.89 Å². The zero-order valence-corrected chi connectivity index (χ0v) is 13.0. The molecule has 8 heteroatoms. The van der Waals surface area contributed by atoms with Crippen molar-refractivity contribution in [3.8, 4) is 11.7 Å². The number of anilines is 2. The van der Waals surface area contributed by atoms with Gasteiger partial charge in [-0.25, -0.2) is 4.79 Å². The smallest absolute Gasteiger partial charge is 0.327 e. The number of aryl methyl sites for hydroxylation is 1. The fourth-order valence-electron chi connectivity index (χ4n) is 1.70. The Hall–Kier alpha value is -2.61. The third-order valence-electron chi connectivity index (χ3n) is 2.74. The second-order valence-corrected chi connectivity index (χ2v) is 5.24. The number of hydrogen-bond donors (Lipinski definition) is 2. The van der Waals surface area contributed by atoms with Gasteiger partial charge in [-0.05, 0) is 47.1 Å². The number of carbonyl (C=O) groups excluding carboxylic acids is 1. The van der Waals surface area contributed by atoms with E-state index in [4.69, 9.17) is 8.83 Å². The Morgan fingerprint density at radius 2 is 1.82 bits per heavy atom. The van der Waals surface area contributed by atoms with Gasteiger partial charge in [0.15, 0.2) is 10.4 Å². The van der Waals surface area contributed by atoms with Gasteiger partial charge in [-0.1, -0.05) is 22.8 Å². The van der Waals surface area contributed by atoms with Crippen molar-refractivity contribution in [2.24, 2.45) is 0 Å². The van der Waals surface area contributed by atoms with Crippen molar-refractivity contribution >= 4 is 33.7 Å². The number of furan rings is 1. The lowest BCUT2D eigenvalue weighted by atomic mass is 10.2. The molecule has 3 aromatic rings. The molecule has 2 N–H and O–H groups in total. The third kappa shape index (κ3) is 3.34. The molecule has 0 radical (unpaired) electrons. The van der Waals surface area contributed by atoms with E-state index in [-0.39, 0.29) is 11.9 Å². The topological polar surface area (TPSA) is 93.2 Å². The fraction of sp³-hybridized carbons (Fsp3) is 0.0714. The van der Waals surface area contributed by atoms with Gasteiger partial charge >= 0.3 is 12.0 Å². The normalized spacial score (nSPS) is 10.5. The summed E-state index contributed by atoms with van der Waals surface area (Å²) in [6, 6.07) is 10.3. The van der Waals surface area contributed by atoms with Crippen LogP contribution in [0.15, 0.2) is 49.9 Å². The minimum absolute atomic E-state index is 0.0212. The van der Waals surface area contributed by atoms with Crippen molar-refractivity contribution in [2.75, 3.05) is 10.6 Å². The third-order valence-corrected chi connectivity index (χ3v) is 3.17. The molecule has 0 aliphatic rings. The number of carbonyl (C=O) groups is 1. The SMILES string of the molecule is Cc1ccc(NC(=O)Nc2nnc(-c3ccc(Br)o3)o2)cc1. The molecule has 0 saturated heterocycles. The highest BCUT2D eigenvalue weighted by molar-refractivity contribution is 9.10. The first kappa shape index (κ1) is 14.3. The molecule has 0 bridgehead atoms. The van der Waals surface area contributed by atoms with E-state index < -0.39 is 6.03 Å². The Labute approximate surface area is 133 Å². The Morgan fingerprint density at radius 3 is 2.50 bits per heavy atom. The molecule has 2 aromatic heterocycles. The number of halogens is 1. The van der Waals surface area contributed by atoms with Crippen molar-refractivity contribution in [1.82, 2.24) is 10.2 Å². The minimum Gasteiger partial charge on any atom is -0.444 e. The Bertz CT molecular complexity index is 795. The summed E-state index contributed by atoms with van der Waals surface area (Å²) in [5, 5.41) is 12.7. The first-order valence-corrected chi connectivity index (χ1v) is 7.13. The number of nitrogens with one attached hydrogen (secondary N) is 2. The lowest BCUT2D eigenvalue weighted by molar-refractivity contribution is 0.261. The number of nitrogens with zero attached hydrogens (tertiary/aromatic N) is 2. The van der Waals surface area contributed by atoms with Crippen LogP contribution in [0.4, 0.5) is 16.5 Å². The summed E-state index contributed by atoms with van der Waals surface area (Å²) in [4.78, 5) is 11.8. The quantitative estimate of drug-likeness (QED) is 0.733. The predicted molar refractivity (Wildman–Crippen MR) is 83.5 cm³/mol. The summed E-state index contributed by atoms with van der Waals surface area (Å²) in [5.74, 6) is 0.586. The second-order valence-electron chi connectivity index (χ2n) is 4.46. The zero-order valence-electron chi connectivity index (χ0n) is 11.5. The second kappa shape index (κ2) is 6.02. The molecule has 3 rings (SSSR count). The number of benzene rings is 1. The van der Waals surface area contributed by atoms with Gasteiger partial charge in [0.1, 0.15) is 0 Å². The summed E-state index contributed by atoms with van der Waals surface area (Å²) in [5.41, 5.74) is 1.77. The van der Waals surface area contributed by atoms with Crippen molar-refractivity contribution in [2.45, 2.75) is 6.92 Å². The van der Waals surface area contributed by atoms with Gasteiger partial charge < -0.3 is 14.2 Å². The lowest BCUT2D eigenvalue weighted by Crippen LogP contribution is -2.19. The van der Waals surface area contributed by atoms with E-state index in [9.17, 15) is 4.79 Å². The number of aromatic nitrogens is 2. The molecule has 0 aliphatic carbocycles. The van der Waals surface area contributed by atoms with Crippen LogP contribution in [0.1, 0.15) is 5.56 Å². The number of hydrogen-bond acceptors (Lipinski definition) is 5. The fourth-order valence-corrected chi connectivity index (χ4v) is 2.01. The largest absolute Gasteiger partial charge is 0.444 e. The van der Waals surface area contributed by atoms with Crippen molar-refractivity contribution in [3.05, 3.63) is 46.6 Å². The number of urea groups is 1. The molecule has 1 aromatic carbocycles. The standard InChI is InChI=1S/C14H11BrN4O3/c1-8-2-4-9(5-3-8)16-13(20)17-14-19-18-12(22-14)10-6-7-11(15)21-10/h2-7H,1H3,(H2,16,17,19,20). The van der Waals surface area contributed by atoms with Gasteiger partial charge in [0.05, 0.1) is 0 Å². The van der Waals surface area contributed by atoms with E-state index in [1.54, 1.807) is 24.3 Å². The van der Waals surface area contributed by atoms with Crippen LogP contribution in [0.5, 0.6) is 0 Å². The lowest BCUT2D eigenvalue weighted by Gasteiger charge is -2.04. The van der Waals surface area contributed by atoms with E-state index >= 15 is 0 Å². The van der Waals surface area contributed by atoms with Crippen molar-refractivity contribution in [1.29, 1.82) is 0 Å². The number of rotatable bonds is 3. The van der Waals surface area contributed by atoms with Crippen LogP contribution >= 0.6 is 15.9 Å². The monoisotopic (exact) mass is 362 g/mol. The molecule has 0 unspecified atom stereocenters. The maximum absolute atomic E-state index is 11.8. The highest BCUT2D eigenvalue weighted by atomic mass is 79.9. The molecule has 0 aliphatic heterocycles. The van der Waals surface area contributed by atoms with Crippen LogP contribution in [0.25, 0.3) is 11.7 Å². The molecular formula is C14H11BrN4O3. The van der Waals surface area contributed by atoms with E-state index in [1.165, 1.54) is 0 Å².